The summed E-state index contributed by atoms with van der Waals surface area (Å²) in [5.41, 5.74) is 11.8. The number of rotatable bonds is 5. The Morgan fingerprint density at radius 3 is 2.42 bits per heavy atom. The van der Waals surface area contributed by atoms with Gasteiger partial charge in [-0.3, -0.25) is 9.36 Å². The number of carbonyl (C=O) groups excluding carboxylic acids is 1. The Morgan fingerprint density at radius 2 is 1.73 bits per heavy atom. The zero-order valence-electron chi connectivity index (χ0n) is 18.4. The normalized spacial score (nSPS) is 11.1. The van der Waals surface area contributed by atoms with E-state index in [4.69, 9.17) is 20.4 Å². The minimum Gasteiger partial charge on any atom is -0.494 e. The molecule has 33 heavy (non-hydrogen) atoms. The van der Waals surface area contributed by atoms with E-state index in [0.29, 0.717) is 34.5 Å². The van der Waals surface area contributed by atoms with Crippen molar-refractivity contribution in [1.29, 1.82) is 0 Å². The lowest BCUT2D eigenvalue weighted by Gasteiger charge is -2.10. The van der Waals surface area contributed by atoms with E-state index in [9.17, 15) is 4.79 Å². The zero-order valence-corrected chi connectivity index (χ0v) is 18.4. The van der Waals surface area contributed by atoms with Crippen LogP contribution < -0.4 is 15.8 Å². The second-order valence-corrected chi connectivity index (χ2v) is 7.73. The fourth-order valence-corrected chi connectivity index (χ4v) is 3.92. The van der Waals surface area contributed by atoms with Gasteiger partial charge < -0.3 is 15.8 Å². The third kappa shape index (κ3) is 3.74. The van der Waals surface area contributed by atoms with Gasteiger partial charge in [0.25, 0.3) is 5.91 Å². The average Bonchev–Trinajstić information content (AvgIpc) is 3.09. The molecule has 2 heterocycles. The molecule has 0 aliphatic rings. The number of carbonyl (C=O) groups is 1. The summed E-state index contributed by atoms with van der Waals surface area (Å²) in [6.45, 7) is 4.49. The van der Waals surface area contributed by atoms with Gasteiger partial charge in [-0.15, -0.1) is 0 Å². The number of aryl methyl sites for hydroxylation is 1. The molecule has 2 aromatic heterocycles. The first kappa shape index (κ1) is 20.5. The summed E-state index contributed by atoms with van der Waals surface area (Å²) in [5, 5.41) is 2.95. The van der Waals surface area contributed by atoms with Crippen LogP contribution in [0.4, 0.5) is 11.5 Å². The minimum absolute atomic E-state index is 0.273. The van der Waals surface area contributed by atoms with Crippen LogP contribution in [0.5, 0.6) is 5.75 Å². The van der Waals surface area contributed by atoms with Crippen molar-refractivity contribution in [2.75, 3.05) is 17.7 Å². The van der Waals surface area contributed by atoms with E-state index in [0.717, 1.165) is 22.5 Å². The Kier molecular flexibility index (Phi) is 5.14. The maximum atomic E-state index is 13.4. The molecule has 164 valence electrons. The standard InChI is InChI=1S/C26H23N5O2/c1-3-33-19-13-11-18(12-14-19)31-24(27)22(26(32)28-17-8-6-7-16(2)15-17)23-25(31)30-21-10-5-4-9-20(21)29-23/h4-15H,3,27H2,1-2H3,(H,28,32). The fourth-order valence-electron chi connectivity index (χ4n) is 3.92. The second kappa shape index (κ2) is 8.27. The number of hydrogen-bond donors (Lipinski definition) is 2. The van der Waals surface area contributed by atoms with Crippen LogP contribution in [-0.2, 0) is 0 Å². The molecular formula is C26H23N5O2. The molecule has 0 saturated carbocycles. The van der Waals surface area contributed by atoms with E-state index < -0.39 is 0 Å². The number of nitrogens with one attached hydrogen (secondary N) is 1. The van der Waals surface area contributed by atoms with E-state index in [2.05, 4.69) is 5.32 Å². The van der Waals surface area contributed by atoms with Gasteiger partial charge in [-0.25, -0.2) is 9.97 Å². The first-order chi connectivity index (χ1) is 16.0. The molecule has 0 aliphatic heterocycles. The van der Waals surface area contributed by atoms with Gasteiger partial charge in [0.15, 0.2) is 5.65 Å². The molecule has 0 spiro atoms. The quantitative estimate of drug-likeness (QED) is 0.398. The van der Waals surface area contributed by atoms with E-state index in [1.165, 1.54) is 0 Å². The Balaban J connectivity index is 1.70. The monoisotopic (exact) mass is 437 g/mol. The number of aromatic nitrogens is 3. The number of fused-ring (bicyclic) bond motifs is 2. The molecule has 7 nitrogen and oxygen atoms in total. The molecule has 0 bridgehead atoms. The molecule has 0 atom stereocenters. The SMILES string of the molecule is CCOc1ccc(-n2c(N)c(C(=O)Nc3cccc(C)c3)c3nc4ccccc4nc32)cc1. The Labute approximate surface area is 190 Å². The van der Waals surface area contributed by atoms with Crippen LogP contribution in [0.3, 0.4) is 0 Å². The number of nitrogen functional groups attached to an aromatic ring is 1. The highest BCUT2D eigenvalue weighted by Gasteiger charge is 2.25. The average molecular weight is 438 g/mol. The van der Waals surface area contributed by atoms with Gasteiger partial charge in [-0.1, -0.05) is 24.3 Å². The number of hydrogen-bond acceptors (Lipinski definition) is 5. The number of ether oxygens (including phenoxy) is 1. The first-order valence-electron chi connectivity index (χ1n) is 10.7. The maximum absolute atomic E-state index is 13.4. The van der Waals surface area contributed by atoms with Crippen LogP contribution in [0.2, 0.25) is 0 Å². The van der Waals surface area contributed by atoms with Gasteiger partial charge in [-0.05, 0) is 67.9 Å². The fraction of sp³-hybridized carbons (Fsp3) is 0.115. The third-order valence-corrected chi connectivity index (χ3v) is 5.41. The molecule has 0 unspecified atom stereocenters. The van der Waals surface area contributed by atoms with Crippen molar-refractivity contribution < 1.29 is 9.53 Å². The van der Waals surface area contributed by atoms with Gasteiger partial charge in [0.1, 0.15) is 22.6 Å². The Bertz CT molecular complexity index is 1490. The highest BCUT2D eigenvalue weighted by Crippen LogP contribution is 2.32. The topological polar surface area (TPSA) is 95.1 Å². The highest BCUT2D eigenvalue weighted by molar-refractivity contribution is 6.16. The number of para-hydroxylation sites is 2. The number of nitrogens with zero attached hydrogens (tertiary/aromatic N) is 3. The van der Waals surface area contributed by atoms with E-state index in [-0.39, 0.29) is 11.7 Å². The first-order valence-corrected chi connectivity index (χ1v) is 10.7. The molecule has 0 fully saturated rings. The van der Waals surface area contributed by atoms with Crippen LogP contribution in [-0.4, -0.2) is 27.0 Å². The van der Waals surface area contributed by atoms with Gasteiger partial charge >= 0.3 is 0 Å². The molecule has 7 heteroatoms. The van der Waals surface area contributed by atoms with Crippen LogP contribution in [0.1, 0.15) is 22.8 Å². The third-order valence-electron chi connectivity index (χ3n) is 5.41. The number of anilines is 2. The van der Waals surface area contributed by atoms with Gasteiger partial charge in [0.2, 0.25) is 0 Å². The summed E-state index contributed by atoms with van der Waals surface area (Å²) >= 11 is 0. The van der Waals surface area contributed by atoms with Crippen molar-refractivity contribution in [3.63, 3.8) is 0 Å². The van der Waals surface area contributed by atoms with Gasteiger partial charge in [0.05, 0.1) is 17.6 Å². The molecule has 3 aromatic carbocycles. The van der Waals surface area contributed by atoms with Crippen molar-refractivity contribution >= 4 is 39.6 Å². The van der Waals surface area contributed by atoms with Crippen molar-refractivity contribution in [3.8, 4) is 11.4 Å². The van der Waals surface area contributed by atoms with Crippen LogP contribution in [0.15, 0.2) is 72.8 Å². The highest BCUT2D eigenvalue weighted by atomic mass is 16.5. The minimum atomic E-state index is -0.336. The molecular weight excluding hydrogens is 414 g/mol. The molecule has 5 rings (SSSR count). The predicted octanol–water partition coefficient (Wildman–Crippen LogP) is 5.12. The molecule has 3 N–H and O–H groups in total. The summed E-state index contributed by atoms with van der Waals surface area (Å²) in [6.07, 6.45) is 0. The second-order valence-electron chi connectivity index (χ2n) is 7.73. The van der Waals surface area contributed by atoms with E-state index in [1.54, 1.807) is 4.57 Å². The molecule has 0 saturated heterocycles. The number of benzene rings is 3. The zero-order chi connectivity index (χ0) is 22.9. The summed E-state index contributed by atoms with van der Waals surface area (Å²) in [7, 11) is 0. The lowest BCUT2D eigenvalue weighted by Crippen LogP contribution is -2.14. The summed E-state index contributed by atoms with van der Waals surface area (Å²) in [4.78, 5) is 23.0. The van der Waals surface area contributed by atoms with Crippen molar-refractivity contribution in [2.24, 2.45) is 0 Å². The van der Waals surface area contributed by atoms with Crippen molar-refractivity contribution in [2.45, 2.75) is 13.8 Å². The van der Waals surface area contributed by atoms with Crippen molar-refractivity contribution in [3.05, 3.63) is 83.9 Å². The largest absolute Gasteiger partial charge is 0.494 e. The number of amides is 1. The molecule has 1 amide bonds. The summed E-state index contributed by atoms with van der Waals surface area (Å²) in [6, 6.07) is 22.7. The summed E-state index contributed by atoms with van der Waals surface area (Å²) < 4.78 is 7.32. The lowest BCUT2D eigenvalue weighted by atomic mass is 10.2. The van der Waals surface area contributed by atoms with Crippen LogP contribution in [0.25, 0.3) is 27.9 Å². The predicted molar refractivity (Wildman–Crippen MR) is 131 cm³/mol. The van der Waals surface area contributed by atoms with Crippen LogP contribution in [0, 0.1) is 6.92 Å². The Hall–Kier alpha value is -4.39. The Morgan fingerprint density at radius 1 is 1.00 bits per heavy atom. The van der Waals surface area contributed by atoms with Crippen molar-refractivity contribution in [1.82, 2.24) is 14.5 Å². The van der Waals surface area contributed by atoms with Crippen LogP contribution >= 0.6 is 0 Å². The lowest BCUT2D eigenvalue weighted by molar-refractivity contribution is 0.102. The molecule has 0 radical (unpaired) electrons. The van der Waals surface area contributed by atoms with Gasteiger partial charge in [0, 0.05) is 11.4 Å². The van der Waals surface area contributed by atoms with E-state index >= 15 is 0 Å². The summed E-state index contributed by atoms with van der Waals surface area (Å²) in [5.74, 6) is 0.692. The van der Waals surface area contributed by atoms with Gasteiger partial charge in [-0.2, -0.15) is 0 Å². The number of nitrogens with two attached hydrogens (primary N) is 1. The maximum Gasteiger partial charge on any atom is 0.261 e. The van der Waals surface area contributed by atoms with E-state index in [1.807, 2.05) is 86.6 Å². The smallest absolute Gasteiger partial charge is 0.261 e. The molecule has 5 aromatic rings. The molecule has 0 aliphatic carbocycles.